The van der Waals surface area contributed by atoms with Crippen molar-refractivity contribution in [1.82, 2.24) is 0 Å². The number of benzene rings is 2. The number of nitrogens with one attached hydrogen (secondary N) is 2. The van der Waals surface area contributed by atoms with Gasteiger partial charge in [-0.1, -0.05) is 17.7 Å². The van der Waals surface area contributed by atoms with Crippen molar-refractivity contribution in [3.8, 4) is 0 Å². The minimum atomic E-state index is -0.566. The predicted octanol–water partition coefficient (Wildman–Crippen LogP) is 3.89. The summed E-state index contributed by atoms with van der Waals surface area (Å²) in [5.74, 6) is -0.520. The van der Waals surface area contributed by atoms with Crippen molar-refractivity contribution in [2.75, 3.05) is 10.6 Å². The molecule has 0 aliphatic carbocycles. The Bertz CT molecular complexity index is 702. The van der Waals surface area contributed by atoms with Crippen LogP contribution in [0.3, 0.4) is 0 Å². The maximum absolute atomic E-state index is 13.3. The van der Waals surface area contributed by atoms with E-state index in [-0.39, 0.29) is 11.7 Å². The van der Waals surface area contributed by atoms with Crippen molar-refractivity contribution in [2.24, 2.45) is 0 Å². The third-order valence-corrected chi connectivity index (χ3v) is 3.58. The summed E-state index contributed by atoms with van der Waals surface area (Å²) in [4.78, 5) is 12.0. The Hall–Kier alpha value is -2.07. The van der Waals surface area contributed by atoms with E-state index in [1.165, 1.54) is 12.1 Å². The lowest BCUT2D eigenvalue weighted by Gasteiger charge is -2.15. The normalized spacial score (nSPS) is 16.8. The van der Waals surface area contributed by atoms with Crippen LogP contribution in [-0.2, 0) is 4.79 Å². The average molecular weight is 291 g/mol. The Morgan fingerprint density at radius 3 is 2.85 bits per heavy atom. The topological polar surface area (TPSA) is 41.1 Å². The quantitative estimate of drug-likeness (QED) is 0.881. The molecule has 0 fully saturated rings. The van der Waals surface area contributed by atoms with Crippen LogP contribution >= 0.6 is 11.6 Å². The highest BCUT2D eigenvalue weighted by atomic mass is 35.5. The molecule has 1 amide bonds. The maximum atomic E-state index is 13.3. The maximum Gasteiger partial charge on any atom is 0.251 e. The zero-order valence-corrected chi connectivity index (χ0v) is 11.5. The molecule has 1 atom stereocenters. The molecule has 1 unspecified atom stereocenters. The molecule has 0 bridgehead atoms. The third kappa shape index (κ3) is 2.23. The molecular weight excluding hydrogens is 279 g/mol. The lowest BCUT2D eigenvalue weighted by Crippen LogP contribution is -2.20. The molecule has 0 aromatic heterocycles. The summed E-state index contributed by atoms with van der Waals surface area (Å²) in [7, 11) is 0. The van der Waals surface area contributed by atoms with Crippen molar-refractivity contribution < 1.29 is 9.18 Å². The fourth-order valence-electron chi connectivity index (χ4n) is 2.28. The first-order valence-corrected chi connectivity index (χ1v) is 6.55. The fraction of sp³-hybridized carbons (Fsp3) is 0.133. The molecule has 1 aliphatic heterocycles. The van der Waals surface area contributed by atoms with Crippen LogP contribution in [0.15, 0.2) is 36.4 Å². The van der Waals surface area contributed by atoms with Crippen LogP contribution in [0.4, 0.5) is 15.8 Å². The number of anilines is 2. The SMILES string of the molecule is Cc1ccc(F)cc1NC1C(=O)Nc2ccc(Cl)cc21. The molecule has 2 N–H and O–H groups in total. The van der Waals surface area contributed by atoms with Gasteiger partial charge < -0.3 is 10.6 Å². The van der Waals surface area contributed by atoms with Gasteiger partial charge in [-0.15, -0.1) is 0 Å². The summed E-state index contributed by atoms with van der Waals surface area (Å²) in [5.41, 5.74) is 2.96. The Morgan fingerprint density at radius 2 is 2.05 bits per heavy atom. The van der Waals surface area contributed by atoms with E-state index in [0.717, 1.165) is 16.8 Å². The Kier molecular flexibility index (Phi) is 3.10. The van der Waals surface area contributed by atoms with Gasteiger partial charge >= 0.3 is 0 Å². The van der Waals surface area contributed by atoms with Gasteiger partial charge in [0.2, 0.25) is 0 Å². The van der Waals surface area contributed by atoms with E-state index in [1.54, 1.807) is 24.3 Å². The van der Waals surface area contributed by atoms with E-state index in [4.69, 9.17) is 11.6 Å². The summed E-state index contributed by atoms with van der Waals surface area (Å²) in [5, 5.41) is 6.41. The molecule has 102 valence electrons. The highest BCUT2D eigenvalue weighted by Gasteiger charge is 2.30. The summed E-state index contributed by atoms with van der Waals surface area (Å²) < 4.78 is 13.3. The molecule has 3 rings (SSSR count). The van der Waals surface area contributed by atoms with Gasteiger partial charge in [-0.05, 0) is 42.8 Å². The van der Waals surface area contributed by atoms with E-state index < -0.39 is 6.04 Å². The number of hydrogen-bond acceptors (Lipinski definition) is 2. The van der Waals surface area contributed by atoms with Crippen LogP contribution in [0, 0.1) is 12.7 Å². The van der Waals surface area contributed by atoms with E-state index >= 15 is 0 Å². The third-order valence-electron chi connectivity index (χ3n) is 3.34. The summed E-state index contributed by atoms with van der Waals surface area (Å²) in [6.45, 7) is 1.85. The number of halogens is 2. The molecule has 5 heteroatoms. The molecule has 2 aromatic rings. The lowest BCUT2D eigenvalue weighted by molar-refractivity contribution is -0.116. The smallest absolute Gasteiger partial charge is 0.251 e. The molecule has 20 heavy (non-hydrogen) atoms. The largest absolute Gasteiger partial charge is 0.370 e. The number of carbonyl (C=O) groups is 1. The van der Waals surface area contributed by atoms with Gasteiger partial charge in [0.1, 0.15) is 11.9 Å². The molecule has 0 saturated heterocycles. The van der Waals surface area contributed by atoms with Gasteiger partial charge in [-0.2, -0.15) is 0 Å². The predicted molar refractivity (Wildman–Crippen MR) is 77.6 cm³/mol. The Labute approximate surface area is 120 Å². The number of amides is 1. The Morgan fingerprint density at radius 1 is 1.25 bits per heavy atom. The highest BCUT2D eigenvalue weighted by molar-refractivity contribution is 6.31. The number of fused-ring (bicyclic) bond motifs is 1. The monoisotopic (exact) mass is 290 g/mol. The van der Waals surface area contributed by atoms with Gasteiger partial charge in [0, 0.05) is 22.0 Å². The number of hydrogen-bond donors (Lipinski definition) is 2. The van der Waals surface area contributed by atoms with Gasteiger partial charge in [-0.3, -0.25) is 4.79 Å². The average Bonchev–Trinajstić information content (AvgIpc) is 2.70. The number of carbonyl (C=O) groups excluding carboxylic acids is 1. The van der Waals surface area contributed by atoms with Crippen molar-refractivity contribution in [2.45, 2.75) is 13.0 Å². The second kappa shape index (κ2) is 4.80. The molecule has 0 saturated carbocycles. The van der Waals surface area contributed by atoms with E-state index in [1.807, 2.05) is 6.92 Å². The molecule has 2 aromatic carbocycles. The van der Waals surface area contributed by atoms with Crippen LogP contribution in [0.5, 0.6) is 0 Å². The minimum Gasteiger partial charge on any atom is -0.370 e. The summed E-state index contributed by atoms with van der Waals surface area (Å²) in [6.07, 6.45) is 0. The van der Waals surface area contributed by atoms with E-state index in [9.17, 15) is 9.18 Å². The van der Waals surface area contributed by atoms with E-state index in [0.29, 0.717) is 10.7 Å². The van der Waals surface area contributed by atoms with Crippen LogP contribution in [0.25, 0.3) is 0 Å². The van der Waals surface area contributed by atoms with Crippen LogP contribution in [-0.4, -0.2) is 5.91 Å². The number of rotatable bonds is 2. The van der Waals surface area contributed by atoms with Gasteiger partial charge in [0.25, 0.3) is 5.91 Å². The van der Waals surface area contributed by atoms with Crippen molar-refractivity contribution in [3.05, 3.63) is 58.4 Å². The van der Waals surface area contributed by atoms with Crippen LogP contribution in [0.2, 0.25) is 5.02 Å². The van der Waals surface area contributed by atoms with Crippen molar-refractivity contribution in [1.29, 1.82) is 0 Å². The van der Waals surface area contributed by atoms with Crippen LogP contribution < -0.4 is 10.6 Å². The highest BCUT2D eigenvalue weighted by Crippen LogP contribution is 2.35. The first-order valence-electron chi connectivity index (χ1n) is 6.17. The van der Waals surface area contributed by atoms with Gasteiger partial charge in [0.05, 0.1) is 0 Å². The zero-order valence-electron chi connectivity index (χ0n) is 10.7. The minimum absolute atomic E-state index is 0.175. The van der Waals surface area contributed by atoms with Gasteiger partial charge in [0.15, 0.2) is 0 Å². The van der Waals surface area contributed by atoms with Crippen LogP contribution in [0.1, 0.15) is 17.2 Å². The summed E-state index contributed by atoms with van der Waals surface area (Å²) >= 11 is 5.97. The molecule has 0 radical (unpaired) electrons. The molecular formula is C15H12ClFN2O. The summed E-state index contributed by atoms with van der Waals surface area (Å²) in [6, 6.07) is 9.09. The second-order valence-corrected chi connectivity index (χ2v) is 5.19. The molecule has 0 spiro atoms. The lowest BCUT2D eigenvalue weighted by atomic mass is 10.1. The second-order valence-electron chi connectivity index (χ2n) is 4.76. The standard InChI is InChI=1S/C15H12ClFN2O/c1-8-2-4-10(17)7-13(8)18-14-11-6-9(16)3-5-12(11)19-15(14)20/h2-7,14,18H,1H3,(H,19,20). The Balaban J connectivity index is 1.97. The molecule has 1 aliphatic rings. The molecule has 1 heterocycles. The van der Waals surface area contributed by atoms with Crippen molar-refractivity contribution in [3.63, 3.8) is 0 Å². The van der Waals surface area contributed by atoms with E-state index in [2.05, 4.69) is 10.6 Å². The van der Waals surface area contributed by atoms with Crippen molar-refractivity contribution >= 4 is 28.9 Å². The first-order chi connectivity index (χ1) is 9.54. The number of aryl methyl sites for hydroxylation is 1. The zero-order chi connectivity index (χ0) is 14.3. The fourth-order valence-corrected chi connectivity index (χ4v) is 2.46. The molecule has 3 nitrogen and oxygen atoms in total. The first kappa shape index (κ1) is 12.9. The van der Waals surface area contributed by atoms with Gasteiger partial charge in [-0.25, -0.2) is 4.39 Å².